The van der Waals surface area contributed by atoms with Crippen molar-refractivity contribution in [2.45, 2.75) is 25.7 Å². The highest BCUT2D eigenvalue weighted by atomic mass is 19.1. The number of carbonyl (C=O) groups is 1. The molecule has 1 aromatic carbocycles. The summed E-state index contributed by atoms with van der Waals surface area (Å²) in [5.74, 6) is 5.68. The van der Waals surface area contributed by atoms with E-state index in [1.165, 1.54) is 11.1 Å². The monoisotopic (exact) mass is 263 g/mol. The van der Waals surface area contributed by atoms with Crippen molar-refractivity contribution in [3.8, 4) is 0 Å². The van der Waals surface area contributed by atoms with Gasteiger partial charge in [-0.25, -0.2) is 10.2 Å². The summed E-state index contributed by atoms with van der Waals surface area (Å²) in [7, 11) is 0. The number of para-hydroxylation sites is 1. The topological polar surface area (TPSA) is 72.4 Å². The molecule has 4 N–H and O–H groups in total. The Balaban J connectivity index is 2.39. The van der Waals surface area contributed by atoms with E-state index in [9.17, 15) is 9.18 Å². The third kappa shape index (κ3) is 2.76. The molecule has 1 fully saturated rings. The van der Waals surface area contributed by atoms with E-state index in [0.717, 1.165) is 25.7 Å². The van der Waals surface area contributed by atoms with E-state index in [-0.39, 0.29) is 17.3 Å². The zero-order valence-corrected chi connectivity index (χ0v) is 10.7. The number of allylic oxidation sites excluding steroid dienone is 2. The third-order valence-electron chi connectivity index (χ3n) is 3.54. The minimum absolute atomic E-state index is 0.0812. The normalized spacial score (nSPS) is 17.2. The van der Waals surface area contributed by atoms with E-state index in [0.29, 0.717) is 12.0 Å². The zero-order valence-electron chi connectivity index (χ0n) is 10.7. The highest BCUT2D eigenvalue weighted by Gasteiger charge is 2.26. The Labute approximate surface area is 111 Å². The van der Waals surface area contributed by atoms with Gasteiger partial charge in [-0.05, 0) is 25.0 Å². The van der Waals surface area contributed by atoms with Crippen LogP contribution in [0.1, 0.15) is 25.7 Å². The van der Waals surface area contributed by atoms with Gasteiger partial charge < -0.3 is 5.73 Å². The van der Waals surface area contributed by atoms with Crippen molar-refractivity contribution in [1.82, 2.24) is 0 Å². The molecule has 0 bridgehead atoms. The molecule has 1 aliphatic rings. The van der Waals surface area contributed by atoms with Crippen LogP contribution in [0.25, 0.3) is 0 Å². The molecule has 0 aliphatic heterocycles. The Morgan fingerprint density at radius 3 is 2.53 bits per heavy atom. The first-order valence-corrected chi connectivity index (χ1v) is 6.39. The molecule has 0 radical (unpaired) electrons. The first kappa shape index (κ1) is 13.5. The molecular weight excluding hydrogens is 245 g/mol. The number of rotatable bonds is 4. The van der Waals surface area contributed by atoms with Gasteiger partial charge in [0.25, 0.3) is 0 Å². The van der Waals surface area contributed by atoms with Crippen molar-refractivity contribution < 1.29 is 9.18 Å². The van der Waals surface area contributed by atoms with Crippen molar-refractivity contribution in [1.29, 1.82) is 0 Å². The number of hydrogen-bond acceptors (Lipinski definition) is 4. The summed E-state index contributed by atoms with van der Waals surface area (Å²) in [4.78, 5) is 11.0. The lowest BCUT2D eigenvalue weighted by Gasteiger charge is -2.27. The number of benzene rings is 1. The van der Waals surface area contributed by atoms with Crippen LogP contribution in [0.5, 0.6) is 0 Å². The zero-order chi connectivity index (χ0) is 13.8. The quantitative estimate of drug-likeness (QED) is 0.377. The van der Waals surface area contributed by atoms with Gasteiger partial charge in [0.2, 0.25) is 0 Å². The second-order valence-electron chi connectivity index (χ2n) is 4.76. The number of nitrogens with two attached hydrogens (primary N) is 2. The van der Waals surface area contributed by atoms with E-state index in [1.54, 1.807) is 18.2 Å². The molecule has 0 unspecified atom stereocenters. The van der Waals surface area contributed by atoms with Gasteiger partial charge in [-0.3, -0.25) is 9.80 Å². The summed E-state index contributed by atoms with van der Waals surface area (Å²) in [5.41, 5.74) is 6.59. The molecule has 102 valence electrons. The van der Waals surface area contributed by atoms with Crippen LogP contribution in [0.15, 0.2) is 35.7 Å². The second kappa shape index (κ2) is 5.84. The molecule has 0 spiro atoms. The first-order valence-electron chi connectivity index (χ1n) is 6.39. The number of aldehydes is 1. The van der Waals surface area contributed by atoms with E-state index in [1.807, 2.05) is 0 Å². The van der Waals surface area contributed by atoms with Crippen LogP contribution in [-0.4, -0.2) is 6.29 Å². The fraction of sp³-hybridized carbons (Fsp3) is 0.357. The van der Waals surface area contributed by atoms with E-state index in [4.69, 9.17) is 11.6 Å². The van der Waals surface area contributed by atoms with Gasteiger partial charge >= 0.3 is 0 Å². The number of nitrogens with zero attached hydrogens (tertiary/aromatic N) is 1. The van der Waals surface area contributed by atoms with Crippen molar-refractivity contribution in [3.05, 3.63) is 41.5 Å². The molecule has 0 saturated heterocycles. The van der Waals surface area contributed by atoms with Crippen molar-refractivity contribution in [2.75, 3.05) is 5.01 Å². The van der Waals surface area contributed by atoms with Crippen LogP contribution in [-0.2, 0) is 4.79 Å². The lowest BCUT2D eigenvalue weighted by Crippen LogP contribution is -2.36. The summed E-state index contributed by atoms with van der Waals surface area (Å²) in [6.45, 7) is 0. The average molecular weight is 263 g/mol. The number of hydrogen-bond donors (Lipinski definition) is 2. The lowest BCUT2D eigenvalue weighted by molar-refractivity contribution is -0.105. The van der Waals surface area contributed by atoms with Crippen molar-refractivity contribution >= 4 is 12.0 Å². The molecule has 1 saturated carbocycles. The van der Waals surface area contributed by atoms with Crippen LogP contribution in [0.2, 0.25) is 0 Å². The Hall–Kier alpha value is -1.88. The largest absolute Gasteiger partial charge is 0.395 e. The van der Waals surface area contributed by atoms with Gasteiger partial charge in [0.15, 0.2) is 6.29 Å². The third-order valence-corrected chi connectivity index (χ3v) is 3.54. The van der Waals surface area contributed by atoms with Gasteiger partial charge in [-0.1, -0.05) is 25.0 Å². The van der Waals surface area contributed by atoms with Crippen molar-refractivity contribution in [2.24, 2.45) is 17.5 Å². The summed E-state index contributed by atoms with van der Waals surface area (Å²) in [6, 6.07) is 6.19. The molecule has 1 aromatic rings. The predicted octanol–water partition coefficient (Wildman–Crippen LogP) is 2.07. The fourth-order valence-corrected chi connectivity index (χ4v) is 2.61. The first-order chi connectivity index (χ1) is 9.15. The van der Waals surface area contributed by atoms with Crippen LogP contribution in [0, 0.1) is 11.7 Å². The average Bonchev–Trinajstić information content (AvgIpc) is 2.93. The van der Waals surface area contributed by atoms with Gasteiger partial charge in [0, 0.05) is 5.92 Å². The summed E-state index contributed by atoms with van der Waals surface area (Å²) >= 11 is 0. The molecule has 1 aliphatic carbocycles. The van der Waals surface area contributed by atoms with Crippen LogP contribution >= 0.6 is 0 Å². The molecule has 0 aromatic heterocycles. The van der Waals surface area contributed by atoms with Gasteiger partial charge in [0.1, 0.15) is 5.82 Å². The van der Waals surface area contributed by atoms with E-state index < -0.39 is 5.82 Å². The smallest absolute Gasteiger partial charge is 0.167 e. The van der Waals surface area contributed by atoms with Crippen LogP contribution in [0.3, 0.4) is 0 Å². The van der Waals surface area contributed by atoms with E-state index in [2.05, 4.69) is 0 Å². The minimum Gasteiger partial charge on any atom is -0.395 e. The number of anilines is 1. The minimum atomic E-state index is -0.431. The second-order valence-corrected chi connectivity index (χ2v) is 4.76. The molecule has 2 rings (SSSR count). The Morgan fingerprint density at radius 1 is 1.32 bits per heavy atom. The summed E-state index contributed by atoms with van der Waals surface area (Å²) in [6.07, 6.45) is 4.57. The van der Waals surface area contributed by atoms with E-state index >= 15 is 0 Å². The Morgan fingerprint density at radius 2 is 1.95 bits per heavy atom. The molecule has 0 atom stereocenters. The number of halogens is 1. The maximum Gasteiger partial charge on any atom is 0.167 e. The van der Waals surface area contributed by atoms with Gasteiger partial charge in [0.05, 0.1) is 17.1 Å². The molecular formula is C14H18FN3O. The standard InChI is InChI=1S/C14H18FN3O/c15-11-7-3-4-8-13(11)18(17)14(12(16)9-19)10-5-1-2-6-10/h3-4,7-10H,1-2,5-6,16-17H2/b14-12-. The van der Waals surface area contributed by atoms with Crippen molar-refractivity contribution in [3.63, 3.8) is 0 Å². The molecule has 0 amide bonds. The molecule has 0 heterocycles. The SMILES string of the molecule is N/C(C=O)=C(/C1CCCC1)N(N)c1ccccc1F. The highest BCUT2D eigenvalue weighted by Crippen LogP contribution is 2.34. The van der Waals surface area contributed by atoms with Crippen LogP contribution < -0.4 is 16.6 Å². The van der Waals surface area contributed by atoms with Gasteiger partial charge in [-0.15, -0.1) is 0 Å². The predicted molar refractivity (Wildman–Crippen MR) is 72.3 cm³/mol. The number of carbonyl (C=O) groups excluding carboxylic acids is 1. The Bertz CT molecular complexity index is 495. The van der Waals surface area contributed by atoms with Gasteiger partial charge in [-0.2, -0.15) is 0 Å². The fourth-order valence-electron chi connectivity index (χ4n) is 2.61. The molecule has 5 heteroatoms. The maximum absolute atomic E-state index is 13.8. The molecule has 4 nitrogen and oxygen atoms in total. The van der Waals surface area contributed by atoms with Crippen LogP contribution in [0.4, 0.5) is 10.1 Å². The Kier molecular flexibility index (Phi) is 4.16. The maximum atomic E-state index is 13.8. The highest BCUT2D eigenvalue weighted by molar-refractivity contribution is 5.75. The summed E-state index contributed by atoms with van der Waals surface area (Å²) in [5, 5.41) is 1.22. The molecule has 19 heavy (non-hydrogen) atoms. The lowest BCUT2D eigenvalue weighted by atomic mass is 10.0. The summed E-state index contributed by atoms with van der Waals surface area (Å²) < 4.78 is 13.8. The number of hydrazine groups is 1.